The summed E-state index contributed by atoms with van der Waals surface area (Å²) in [7, 11) is 0. The second-order valence-electron chi connectivity index (χ2n) is 6.24. The summed E-state index contributed by atoms with van der Waals surface area (Å²) in [6, 6.07) is 3.66. The van der Waals surface area contributed by atoms with E-state index in [0.717, 1.165) is 37.8 Å². The molecule has 6 N–H and O–H groups in total. The number of thiocarbonyl (C=S) groups is 1. The normalized spacial score (nSPS) is 20.6. The minimum absolute atomic E-state index is 0.0331. The van der Waals surface area contributed by atoms with Crippen molar-refractivity contribution in [2.24, 2.45) is 5.73 Å². The van der Waals surface area contributed by atoms with Crippen LogP contribution in [-0.4, -0.2) is 23.2 Å². The molecule has 2 atom stereocenters. The van der Waals surface area contributed by atoms with Gasteiger partial charge in [0.05, 0.1) is 5.56 Å². The van der Waals surface area contributed by atoms with Gasteiger partial charge in [0.15, 0.2) is 11.1 Å². The van der Waals surface area contributed by atoms with E-state index in [4.69, 9.17) is 23.4 Å². The number of benzene rings is 1. The lowest BCUT2D eigenvalue weighted by Gasteiger charge is -2.33. The van der Waals surface area contributed by atoms with Crippen molar-refractivity contribution in [3.05, 3.63) is 29.3 Å². The maximum absolute atomic E-state index is 12.9. The van der Waals surface area contributed by atoms with Gasteiger partial charge >= 0.3 is 6.18 Å². The van der Waals surface area contributed by atoms with Crippen molar-refractivity contribution in [2.45, 2.75) is 50.9 Å². The van der Waals surface area contributed by atoms with Crippen molar-refractivity contribution in [1.29, 1.82) is 5.41 Å². The Bertz CT molecular complexity index is 647. The Morgan fingerprint density at radius 2 is 1.76 bits per heavy atom. The number of hydrogen-bond donors (Lipinski definition) is 5. The van der Waals surface area contributed by atoms with Crippen molar-refractivity contribution in [1.82, 2.24) is 10.6 Å². The first-order valence-corrected chi connectivity index (χ1v) is 8.43. The highest BCUT2D eigenvalue weighted by molar-refractivity contribution is 7.80. The quantitative estimate of drug-likeness (QED) is 0.319. The number of hydrogen-bond acceptors (Lipinski definition) is 2. The van der Waals surface area contributed by atoms with Crippen LogP contribution in [0.4, 0.5) is 18.9 Å². The minimum Gasteiger partial charge on any atom is -0.370 e. The van der Waals surface area contributed by atoms with Crippen LogP contribution in [0.25, 0.3) is 0 Å². The highest BCUT2D eigenvalue weighted by Gasteiger charge is 2.31. The smallest absolute Gasteiger partial charge is 0.370 e. The molecular formula is C16H22F3N5S. The third kappa shape index (κ3) is 5.77. The summed E-state index contributed by atoms with van der Waals surface area (Å²) < 4.78 is 38.7. The average molecular weight is 373 g/mol. The summed E-state index contributed by atoms with van der Waals surface area (Å²) in [5.74, 6) is -0.105. The van der Waals surface area contributed by atoms with Crippen molar-refractivity contribution < 1.29 is 13.2 Å². The summed E-state index contributed by atoms with van der Waals surface area (Å²) in [4.78, 5) is 0. The van der Waals surface area contributed by atoms with Crippen LogP contribution < -0.4 is 21.7 Å². The van der Waals surface area contributed by atoms with E-state index in [2.05, 4.69) is 16.0 Å². The molecule has 1 fully saturated rings. The molecule has 1 aliphatic rings. The van der Waals surface area contributed by atoms with Gasteiger partial charge in [-0.3, -0.25) is 5.41 Å². The van der Waals surface area contributed by atoms with Gasteiger partial charge in [-0.1, -0.05) is 12.8 Å². The van der Waals surface area contributed by atoms with Crippen LogP contribution in [0.15, 0.2) is 18.2 Å². The number of alkyl halides is 3. The molecule has 1 aliphatic carbocycles. The zero-order chi connectivity index (χ0) is 18.6. The van der Waals surface area contributed by atoms with Gasteiger partial charge in [-0.2, -0.15) is 13.2 Å². The standard InChI is InChI=1S/C16H22F3N5S/c1-9-6-10(16(17,18)19)8-11(7-9)22-15(25)24-13-5-3-2-4-12(13)23-14(20)21/h6-8,12-13H,2-5H2,1H3,(H4,20,21,23)(H2,22,24,25)/t12-,13-/m1/s1. The molecule has 0 radical (unpaired) electrons. The maximum atomic E-state index is 12.9. The molecule has 9 heteroatoms. The molecule has 0 bridgehead atoms. The van der Waals surface area contributed by atoms with Gasteiger partial charge in [-0.05, 0) is 55.7 Å². The SMILES string of the molecule is Cc1cc(NC(=S)N[C@@H]2CCCC[C@H]2NC(=N)N)cc(C(F)(F)F)c1. The predicted molar refractivity (Wildman–Crippen MR) is 96.6 cm³/mol. The summed E-state index contributed by atoms with van der Waals surface area (Å²) >= 11 is 5.25. The van der Waals surface area contributed by atoms with Gasteiger partial charge in [0, 0.05) is 17.8 Å². The summed E-state index contributed by atoms with van der Waals surface area (Å²) in [5.41, 5.74) is 5.47. The average Bonchev–Trinajstić information content (AvgIpc) is 2.47. The Kier molecular flexibility index (Phi) is 6.10. The molecule has 0 saturated heterocycles. The Labute approximate surface area is 150 Å². The van der Waals surface area contributed by atoms with Gasteiger partial charge in [0.25, 0.3) is 0 Å². The van der Waals surface area contributed by atoms with Crippen molar-refractivity contribution >= 4 is 29.0 Å². The Hall–Kier alpha value is -2.03. The van der Waals surface area contributed by atoms with E-state index in [1.165, 1.54) is 0 Å². The molecule has 0 heterocycles. The maximum Gasteiger partial charge on any atom is 0.416 e. The van der Waals surface area contributed by atoms with E-state index in [9.17, 15) is 13.2 Å². The first kappa shape index (κ1) is 19.3. The molecule has 1 saturated carbocycles. The lowest BCUT2D eigenvalue weighted by molar-refractivity contribution is -0.137. The van der Waals surface area contributed by atoms with Gasteiger partial charge in [0.2, 0.25) is 0 Å². The van der Waals surface area contributed by atoms with Crippen LogP contribution in [0.5, 0.6) is 0 Å². The monoisotopic (exact) mass is 373 g/mol. The molecular weight excluding hydrogens is 351 g/mol. The van der Waals surface area contributed by atoms with Crippen molar-refractivity contribution in [2.75, 3.05) is 5.32 Å². The van der Waals surface area contributed by atoms with Crippen LogP contribution in [0.2, 0.25) is 0 Å². The molecule has 0 aliphatic heterocycles. The van der Waals surface area contributed by atoms with E-state index in [1.807, 2.05) is 0 Å². The van der Waals surface area contributed by atoms with Crippen LogP contribution in [0.1, 0.15) is 36.8 Å². The molecule has 5 nitrogen and oxygen atoms in total. The lowest BCUT2D eigenvalue weighted by Crippen LogP contribution is -2.55. The largest absolute Gasteiger partial charge is 0.416 e. The van der Waals surface area contributed by atoms with E-state index in [0.29, 0.717) is 5.56 Å². The topological polar surface area (TPSA) is 86.0 Å². The number of guanidine groups is 1. The molecule has 1 aromatic carbocycles. The van der Waals surface area contributed by atoms with Crippen molar-refractivity contribution in [3.63, 3.8) is 0 Å². The molecule has 0 unspecified atom stereocenters. The van der Waals surface area contributed by atoms with Gasteiger partial charge in [0.1, 0.15) is 0 Å². The van der Waals surface area contributed by atoms with E-state index >= 15 is 0 Å². The van der Waals surface area contributed by atoms with Crippen LogP contribution in [0, 0.1) is 12.3 Å². The molecule has 0 aromatic heterocycles. The first-order chi connectivity index (χ1) is 11.6. The highest BCUT2D eigenvalue weighted by atomic mass is 32.1. The second-order valence-corrected chi connectivity index (χ2v) is 6.65. The molecule has 138 valence electrons. The zero-order valence-corrected chi connectivity index (χ0v) is 14.7. The Morgan fingerprint density at radius 1 is 1.16 bits per heavy atom. The first-order valence-electron chi connectivity index (χ1n) is 8.02. The molecule has 0 amide bonds. The highest BCUT2D eigenvalue weighted by Crippen LogP contribution is 2.31. The van der Waals surface area contributed by atoms with Crippen LogP contribution in [0.3, 0.4) is 0 Å². The molecule has 1 aromatic rings. The predicted octanol–water partition coefficient (Wildman–Crippen LogP) is 3.09. The third-order valence-electron chi connectivity index (χ3n) is 4.09. The summed E-state index contributed by atoms with van der Waals surface area (Å²) in [6.07, 6.45) is -0.677. The van der Waals surface area contributed by atoms with E-state index in [1.54, 1.807) is 13.0 Å². The van der Waals surface area contributed by atoms with Crippen LogP contribution in [-0.2, 0) is 6.18 Å². The Morgan fingerprint density at radius 3 is 2.32 bits per heavy atom. The van der Waals surface area contributed by atoms with Crippen LogP contribution >= 0.6 is 12.2 Å². The van der Waals surface area contributed by atoms with Crippen molar-refractivity contribution in [3.8, 4) is 0 Å². The number of anilines is 1. The summed E-state index contributed by atoms with van der Waals surface area (Å²) in [5, 5.41) is 16.5. The number of aryl methyl sites for hydroxylation is 1. The van der Waals surface area contributed by atoms with Gasteiger partial charge in [-0.25, -0.2) is 0 Å². The van der Waals surface area contributed by atoms with Gasteiger partial charge < -0.3 is 21.7 Å². The fourth-order valence-electron chi connectivity index (χ4n) is 3.03. The number of halogens is 3. The zero-order valence-electron chi connectivity index (χ0n) is 13.8. The fraction of sp³-hybridized carbons (Fsp3) is 0.500. The molecule has 2 rings (SSSR count). The molecule has 0 spiro atoms. The second kappa shape index (κ2) is 7.90. The number of rotatable bonds is 3. The number of nitrogens with one attached hydrogen (secondary N) is 4. The number of nitrogens with two attached hydrogens (primary N) is 1. The lowest BCUT2D eigenvalue weighted by atomic mass is 9.90. The third-order valence-corrected chi connectivity index (χ3v) is 4.31. The molecule has 25 heavy (non-hydrogen) atoms. The van der Waals surface area contributed by atoms with E-state index < -0.39 is 11.7 Å². The fourth-order valence-corrected chi connectivity index (χ4v) is 3.30. The Balaban J connectivity index is 2.04. The minimum atomic E-state index is -4.41. The van der Waals surface area contributed by atoms with E-state index in [-0.39, 0.29) is 28.8 Å². The summed E-state index contributed by atoms with van der Waals surface area (Å²) in [6.45, 7) is 1.60. The van der Waals surface area contributed by atoms with Gasteiger partial charge in [-0.15, -0.1) is 0 Å².